The minimum absolute atomic E-state index is 0.0319. The van der Waals surface area contributed by atoms with Crippen molar-refractivity contribution >= 4 is 28.9 Å². The topological polar surface area (TPSA) is 86.7 Å². The monoisotopic (exact) mass is 288 g/mol. The van der Waals surface area contributed by atoms with Gasteiger partial charge in [0.2, 0.25) is 5.91 Å². The maximum absolute atomic E-state index is 11.6. The highest BCUT2D eigenvalue weighted by molar-refractivity contribution is 8.13. The lowest BCUT2D eigenvalue weighted by molar-refractivity contribution is -0.137. The molecule has 19 heavy (non-hydrogen) atoms. The SMILES string of the molecule is CC(CCCC(=O)O)NC(=O)CCN1CCSC1=O. The summed E-state index contributed by atoms with van der Waals surface area (Å²) in [5, 5.41) is 11.4. The minimum Gasteiger partial charge on any atom is -0.481 e. The second-order valence-corrected chi connectivity index (χ2v) is 5.65. The third-order valence-electron chi connectivity index (χ3n) is 2.89. The second kappa shape index (κ2) is 8.04. The summed E-state index contributed by atoms with van der Waals surface area (Å²) in [6, 6.07) is -0.0319. The van der Waals surface area contributed by atoms with Crippen molar-refractivity contribution in [1.29, 1.82) is 0 Å². The summed E-state index contributed by atoms with van der Waals surface area (Å²) in [7, 11) is 0. The van der Waals surface area contributed by atoms with Gasteiger partial charge in [0.25, 0.3) is 5.24 Å². The lowest BCUT2D eigenvalue weighted by Gasteiger charge is -2.16. The van der Waals surface area contributed by atoms with Gasteiger partial charge in [-0.3, -0.25) is 14.4 Å². The molecule has 1 heterocycles. The number of carboxylic acids is 1. The maximum Gasteiger partial charge on any atom is 0.303 e. The first-order chi connectivity index (χ1) is 8.99. The number of carbonyl (C=O) groups is 3. The first-order valence-electron chi connectivity index (χ1n) is 6.42. The van der Waals surface area contributed by atoms with Crippen molar-refractivity contribution in [3.8, 4) is 0 Å². The summed E-state index contributed by atoms with van der Waals surface area (Å²) in [4.78, 5) is 35.0. The first kappa shape index (κ1) is 15.8. The molecule has 1 fully saturated rings. The van der Waals surface area contributed by atoms with Crippen LogP contribution in [0.25, 0.3) is 0 Å². The molecule has 1 saturated heterocycles. The van der Waals surface area contributed by atoms with E-state index in [2.05, 4.69) is 5.32 Å². The highest BCUT2D eigenvalue weighted by Crippen LogP contribution is 2.16. The lowest BCUT2D eigenvalue weighted by atomic mass is 10.1. The van der Waals surface area contributed by atoms with Crippen LogP contribution in [0.3, 0.4) is 0 Å². The van der Waals surface area contributed by atoms with Crippen molar-refractivity contribution in [2.24, 2.45) is 0 Å². The number of aliphatic carboxylic acids is 1. The number of thioether (sulfide) groups is 1. The van der Waals surface area contributed by atoms with Gasteiger partial charge in [-0.2, -0.15) is 0 Å². The standard InChI is InChI=1S/C12H20N2O4S/c1-9(3-2-4-11(16)17)13-10(15)5-6-14-7-8-19-12(14)18/h9H,2-8H2,1H3,(H,13,15)(H,16,17). The molecule has 0 spiro atoms. The molecule has 0 aliphatic carbocycles. The van der Waals surface area contributed by atoms with Crippen LogP contribution in [0.2, 0.25) is 0 Å². The molecule has 7 heteroatoms. The van der Waals surface area contributed by atoms with Gasteiger partial charge in [-0.25, -0.2) is 0 Å². The molecule has 0 radical (unpaired) electrons. The van der Waals surface area contributed by atoms with E-state index in [0.717, 1.165) is 5.75 Å². The molecule has 1 rings (SSSR count). The number of rotatable bonds is 8. The number of carbonyl (C=O) groups excluding carboxylic acids is 2. The van der Waals surface area contributed by atoms with Gasteiger partial charge < -0.3 is 15.3 Å². The van der Waals surface area contributed by atoms with Crippen molar-refractivity contribution in [3.63, 3.8) is 0 Å². The number of hydrogen-bond acceptors (Lipinski definition) is 4. The van der Waals surface area contributed by atoms with Gasteiger partial charge in [0.05, 0.1) is 0 Å². The Kier molecular flexibility index (Phi) is 6.69. The zero-order chi connectivity index (χ0) is 14.3. The van der Waals surface area contributed by atoms with E-state index in [1.165, 1.54) is 11.8 Å². The van der Waals surface area contributed by atoms with E-state index in [1.807, 2.05) is 6.92 Å². The van der Waals surface area contributed by atoms with Gasteiger partial charge in [-0.15, -0.1) is 0 Å². The van der Waals surface area contributed by atoms with E-state index in [-0.39, 0.29) is 23.6 Å². The zero-order valence-electron chi connectivity index (χ0n) is 11.1. The summed E-state index contributed by atoms with van der Waals surface area (Å²) >= 11 is 1.28. The third kappa shape index (κ3) is 6.47. The van der Waals surface area contributed by atoms with E-state index in [1.54, 1.807) is 4.90 Å². The minimum atomic E-state index is -0.816. The van der Waals surface area contributed by atoms with E-state index < -0.39 is 5.97 Å². The Balaban J connectivity index is 2.12. The molecule has 1 unspecified atom stereocenters. The highest BCUT2D eigenvalue weighted by atomic mass is 32.2. The molecule has 0 saturated carbocycles. The number of hydrogen-bond donors (Lipinski definition) is 2. The van der Waals surface area contributed by atoms with Gasteiger partial charge >= 0.3 is 5.97 Å². The van der Waals surface area contributed by atoms with Crippen LogP contribution in [-0.2, 0) is 9.59 Å². The van der Waals surface area contributed by atoms with Crippen LogP contribution in [0.5, 0.6) is 0 Å². The summed E-state index contributed by atoms with van der Waals surface area (Å²) < 4.78 is 0. The molecule has 108 valence electrons. The summed E-state index contributed by atoms with van der Waals surface area (Å²) in [6.45, 7) is 3.03. The predicted molar refractivity (Wildman–Crippen MR) is 73.1 cm³/mol. The fraction of sp³-hybridized carbons (Fsp3) is 0.750. The molecule has 2 amide bonds. The van der Waals surface area contributed by atoms with Crippen LogP contribution in [0, 0.1) is 0 Å². The molecular weight excluding hydrogens is 268 g/mol. The summed E-state index contributed by atoms with van der Waals surface area (Å²) in [5.74, 6) is -0.109. The Bertz CT molecular complexity index is 349. The Morgan fingerprint density at radius 3 is 2.79 bits per heavy atom. The molecule has 1 atom stereocenters. The number of nitrogens with zero attached hydrogens (tertiary/aromatic N) is 1. The molecule has 0 aromatic heterocycles. The highest BCUT2D eigenvalue weighted by Gasteiger charge is 2.21. The van der Waals surface area contributed by atoms with Crippen molar-refractivity contribution in [2.75, 3.05) is 18.8 Å². The summed E-state index contributed by atoms with van der Waals surface area (Å²) in [5.41, 5.74) is 0. The first-order valence-corrected chi connectivity index (χ1v) is 7.40. The van der Waals surface area contributed by atoms with Gasteiger partial charge in [-0.05, 0) is 19.8 Å². The van der Waals surface area contributed by atoms with E-state index in [0.29, 0.717) is 32.4 Å². The number of nitrogens with one attached hydrogen (secondary N) is 1. The molecule has 1 aliphatic rings. The van der Waals surface area contributed by atoms with Crippen molar-refractivity contribution < 1.29 is 19.5 Å². The molecule has 0 aromatic carbocycles. The predicted octanol–water partition coefficient (Wildman–Crippen LogP) is 1.30. The Morgan fingerprint density at radius 2 is 2.21 bits per heavy atom. The van der Waals surface area contributed by atoms with E-state index in [9.17, 15) is 14.4 Å². The van der Waals surface area contributed by atoms with Crippen LogP contribution in [-0.4, -0.2) is 52.0 Å². The van der Waals surface area contributed by atoms with Crippen LogP contribution < -0.4 is 5.32 Å². The average molecular weight is 288 g/mol. The fourth-order valence-electron chi connectivity index (χ4n) is 1.84. The van der Waals surface area contributed by atoms with Crippen LogP contribution in [0.15, 0.2) is 0 Å². The fourth-order valence-corrected chi connectivity index (χ4v) is 2.70. The molecule has 2 N–H and O–H groups in total. The third-order valence-corrected chi connectivity index (χ3v) is 3.78. The van der Waals surface area contributed by atoms with Gasteiger partial charge in [-0.1, -0.05) is 11.8 Å². The molecule has 1 aliphatic heterocycles. The van der Waals surface area contributed by atoms with Crippen LogP contribution in [0.1, 0.15) is 32.6 Å². The quantitative estimate of drug-likeness (QED) is 0.703. The van der Waals surface area contributed by atoms with Crippen LogP contribution in [0.4, 0.5) is 4.79 Å². The Labute approximate surface area is 116 Å². The number of carboxylic acid groups (broad SMARTS) is 1. The molecule has 0 bridgehead atoms. The molecule has 0 aromatic rings. The molecular formula is C12H20N2O4S. The van der Waals surface area contributed by atoms with Crippen molar-refractivity contribution in [1.82, 2.24) is 10.2 Å². The lowest BCUT2D eigenvalue weighted by Crippen LogP contribution is -2.35. The zero-order valence-corrected chi connectivity index (χ0v) is 11.9. The van der Waals surface area contributed by atoms with Gasteiger partial charge in [0.1, 0.15) is 0 Å². The van der Waals surface area contributed by atoms with Gasteiger partial charge in [0.15, 0.2) is 0 Å². The Hall–Kier alpha value is -1.24. The van der Waals surface area contributed by atoms with Crippen LogP contribution >= 0.6 is 11.8 Å². The maximum atomic E-state index is 11.6. The normalized spacial score (nSPS) is 16.5. The van der Waals surface area contributed by atoms with Crippen molar-refractivity contribution in [2.45, 2.75) is 38.6 Å². The van der Waals surface area contributed by atoms with E-state index in [4.69, 9.17) is 5.11 Å². The smallest absolute Gasteiger partial charge is 0.303 e. The van der Waals surface area contributed by atoms with Crippen molar-refractivity contribution in [3.05, 3.63) is 0 Å². The molecule has 6 nitrogen and oxygen atoms in total. The Morgan fingerprint density at radius 1 is 1.47 bits per heavy atom. The second-order valence-electron chi connectivity index (χ2n) is 4.61. The number of amides is 2. The van der Waals surface area contributed by atoms with E-state index >= 15 is 0 Å². The average Bonchev–Trinajstić information content (AvgIpc) is 2.71. The summed E-state index contributed by atoms with van der Waals surface area (Å²) in [6.07, 6.45) is 1.63. The largest absolute Gasteiger partial charge is 0.481 e. The van der Waals surface area contributed by atoms with Gasteiger partial charge in [0, 0.05) is 37.7 Å².